The Kier molecular flexibility index (Phi) is 5.27. The maximum absolute atomic E-state index is 13.2. The molecule has 0 unspecified atom stereocenters. The van der Waals surface area contributed by atoms with Gasteiger partial charge in [-0.25, -0.2) is 0 Å². The summed E-state index contributed by atoms with van der Waals surface area (Å²) in [6.45, 7) is 2.28. The lowest BCUT2D eigenvalue weighted by atomic mass is 10.2. The molecule has 2 heterocycles. The van der Waals surface area contributed by atoms with Gasteiger partial charge in [-0.15, -0.1) is 0 Å². The maximum Gasteiger partial charge on any atom is 0.265 e. The van der Waals surface area contributed by atoms with Gasteiger partial charge in [-0.05, 0) is 23.8 Å². The van der Waals surface area contributed by atoms with Crippen molar-refractivity contribution in [2.24, 2.45) is 0 Å². The minimum absolute atomic E-state index is 0.0442. The molecule has 2 aromatic rings. The number of fused-ring (bicyclic) bond motifs is 1. The highest BCUT2D eigenvalue weighted by Gasteiger charge is 2.31. The van der Waals surface area contributed by atoms with Crippen molar-refractivity contribution < 1.29 is 14.3 Å². The number of para-hydroxylation sites is 1. The second-order valence-corrected chi connectivity index (χ2v) is 7.46. The Balaban J connectivity index is 1.63. The molecular formula is C21H20N2O3S. The van der Waals surface area contributed by atoms with Crippen LogP contribution in [-0.4, -0.2) is 49.6 Å². The monoisotopic (exact) mass is 380 g/mol. The first-order valence-corrected chi connectivity index (χ1v) is 9.75. The van der Waals surface area contributed by atoms with Crippen molar-refractivity contribution in [2.45, 2.75) is 4.90 Å². The molecule has 0 atom stereocenters. The molecule has 138 valence electrons. The standard InChI is InChI=1S/C21H20N2O3S/c24-20(22-10-12-26-13-11-22)15-23-17-8-4-5-9-18(17)27-19(21(23)25)14-16-6-2-1-3-7-16/h1-9,14H,10-13,15H2/b19-14-. The van der Waals surface area contributed by atoms with Crippen molar-refractivity contribution in [1.29, 1.82) is 0 Å². The molecule has 2 aliphatic heterocycles. The molecule has 5 nitrogen and oxygen atoms in total. The summed E-state index contributed by atoms with van der Waals surface area (Å²) in [5.41, 5.74) is 1.76. The van der Waals surface area contributed by atoms with E-state index < -0.39 is 0 Å². The fourth-order valence-electron chi connectivity index (χ4n) is 3.17. The molecule has 6 heteroatoms. The molecular weight excluding hydrogens is 360 g/mol. The topological polar surface area (TPSA) is 49.9 Å². The molecule has 0 saturated carbocycles. The molecule has 0 bridgehead atoms. The van der Waals surface area contributed by atoms with Crippen molar-refractivity contribution >= 4 is 35.3 Å². The smallest absolute Gasteiger partial charge is 0.265 e. The number of hydrogen-bond acceptors (Lipinski definition) is 4. The van der Waals surface area contributed by atoms with Gasteiger partial charge in [-0.3, -0.25) is 14.5 Å². The van der Waals surface area contributed by atoms with Gasteiger partial charge in [-0.2, -0.15) is 0 Å². The Morgan fingerprint density at radius 3 is 2.52 bits per heavy atom. The van der Waals surface area contributed by atoms with Gasteiger partial charge >= 0.3 is 0 Å². The van der Waals surface area contributed by atoms with Gasteiger partial charge in [0, 0.05) is 18.0 Å². The molecule has 1 fully saturated rings. The SMILES string of the molecule is O=C(CN1C(=O)/C(=C/c2ccccc2)Sc2ccccc21)N1CCOCC1. The number of nitrogens with zero attached hydrogens (tertiary/aromatic N) is 2. The number of amides is 2. The van der Waals surface area contributed by atoms with Gasteiger partial charge in [0.2, 0.25) is 5.91 Å². The minimum atomic E-state index is -0.135. The van der Waals surface area contributed by atoms with Gasteiger partial charge in [0.25, 0.3) is 5.91 Å². The van der Waals surface area contributed by atoms with Crippen LogP contribution in [0.5, 0.6) is 0 Å². The van der Waals surface area contributed by atoms with E-state index in [-0.39, 0.29) is 18.4 Å². The normalized spacial score (nSPS) is 18.5. The van der Waals surface area contributed by atoms with Crippen LogP contribution in [0.25, 0.3) is 6.08 Å². The van der Waals surface area contributed by atoms with Gasteiger partial charge in [-0.1, -0.05) is 54.2 Å². The maximum atomic E-state index is 13.2. The van der Waals surface area contributed by atoms with E-state index in [0.29, 0.717) is 31.2 Å². The molecule has 0 N–H and O–H groups in total. The van der Waals surface area contributed by atoms with E-state index in [1.165, 1.54) is 11.8 Å². The Labute approximate surface area is 162 Å². The third-order valence-electron chi connectivity index (χ3n) is 4.59. The lowest BCUT2D eigenvalue weighted by molar-refractivity contribution is -0.134. The highest BCUT2D eigenvalue weighted by molar-refractivity contribution is 8.04. The average molecular weight is 380 g/mol. The van der Waals surface area contributed by atoms with Gasteiger partial charge < -0.3 is 9.64 Å². The zero-order valence-corrected chi connectivity index (χ0v) is 15.7. The van der Waals surface area contributed by atoms with E-state index in [2.05, 4.69) is 0 Å². The number of hydrogen-bond donors (Lipinski definition) is 0. The highest BCUT2D eigenvalue weighted by Crippen LogP contribution is 2.41. The van der Waals surface area contributed by atoms with E-state index in [0.717, 1.165) is 16.1 Å². The number of morpholine rings is 1. The second kappa shape index (κ2) is 7.98. The Hall–Kier alpha value is -2.57. The lowest BCUT2D eigenvalue weighted by Crippen LogP contribution is -2.48. The molecule has 27 heavy (non-hydrogen) atoms. The second-order valence-electron chi connectivity index (χ2n) is 6.37. The summed E-state index contributed by atoms with van der Waals surface area (Å²) >= 11 is 1.45. The first-order chi connectivity index (χ1) is 13.2. The van der Waals surface area contributed by atoms with Gasteiger partial charge in [0.15, 0.2) is 0 Å². The molecule has 0 spiro atoms. The van der Waals surface area contributed by atoms with E-state index >= 15 is 0 Å². The number of rotatable bonds is 3. The number of carbonyl (C=O) groups excluding carboxylic acids is 2. The highest BCUT2D eigenvalue weighted by atomic mass is 32.2. The number of anilines is 1. The predicted octanol–water partition coefficient (Wildman–Crippen LogP) is 3.03. The molecule has 2 amide bonds. The summed E-state index contributed by atoms with van der Waals surface area (Å²) in [7, 11) is 0. The van der Waals surface area contributed by atoms with Crippen LogP contribution in [0.2, 0.25) is 0 Å². The fraction of sp³-hybridized carbons (Fsp3) is 0.238. The quantitative estimate of drug-likeness (QED) is 0.768. The molecule has 1 saturated heterocycles. The lowest BCUT2D eigenvalue weighted by Gasteiger charge is -2.33. The summed E-state index contributed by atoms with van der Waals surface area (Å²) < 4.78 is 5.31. The van der Waals surface area contributed by atoms with Crippen molar-refractivity contribution in [3.8, 4) is 0 Å². The van der Waals surface area contributed by atoms with Crippen molar-refractivity contribution in [2.75, 3.05) is 37.7 Å². The summed E-state index contributed by atoms with van der Waals surface area (Å²) in [5, 5.41) is 0. The number of carbonyl (C=O) groups is 2. The van der Waals surface area contributed by atoms with Crippen molar-refractivity contribution in [3.05, 3.63) is 65.1 Å². The predicted molar refractivity (Wildman–Crippen MR) is 106 cm³/mol. The van der Waals surface area contributed by atoms with Crippen molar-refractivity contribution in [1.82, 2.24) is 4.90 Å². The Morgan fingerprint density at radius 1 is 1.04 bits per heavy atom. The van der Waals surface area contributed by atoms with Gasteiger partial charge in [0.1, 0.15) is 6.54 Å². The van der Waals surface area contributed by atoms with E-state index in [1.807, 2.05) is 60.7 Å². The molecule has 4 rings (SSSR count). The number of ether oxygens (including phenoxy) is 1. The molecule has 0 radical (unpaired) electrons. The fourth-order valence-corrected chi connectivity index (χ4v) is 4.23. The molecule has 0 aromatic heterocycles. The average Bonchev–Trinajstić information content (AvgIpc) is 2.72. The zero-order valence-electron chi connectivity index (χ0n) is 14.8. The third-order valence-corrected chi connectivity index (χ3v) is 5.66. The Morgan fingerprint density at radius 2 is 1.74 bits per heavy atom. The molecule has 2 aliphatic rings. The summed E-state index contributed by atoms with van der Waals surface area (Å²) in [6.07, 6.45) is 1.88. The van der Waals surface area contributed by atoms with Crippen LogP contribution in [0.1, 0.15) is 5.56 Å². The number of thioether (sulfide) groups is 1. The van der Waals surface area contributed by atoms with Crippen LogP contribution in [0.3, 0.4) is 0 Å². The third kappa shape index (κ3) is 3.91. The van der Waals surface area contributed by atoms with Gasteiger partial charge in [0.05, 0.1) is 23.8 Å². The zero-order chi connectivity index (χ0) is 18.6. The number of benzene rings is 2. The molecule has 2 aromatic carbocycles. The minimum Gasteiger partial charge on any atom is -0.378 e. The Bertz CT molecular complexity index is 876. The molecule has 0 aliphatic carbocycles. The van der Waals surface area contributed by atoms with Crippen molar-refractivity contribution in [3.63, 3.8) is 0 Å². The summed E-state index contributed by atoms with van der Waals surface area (Å²) in [6, 6.07) is 17.5. The van der Waals surface area contributed by atoms with E-state index in [9.17, 15) is 9.59 Å². The van der Waals surface area contributed by atoms with Crippen LogP contribution in [0, 0.1) is 0 Å². The van der Waals surface area contributed by atoms with Crippen LogP contribution in [0.15, 0.2) is 64.4 Å². The van der Waals surface area contributed by atoms with E-state index in [1.54, 1.807) is 9.80 Å². The van der Waals surface area contributed by atoms with Crippen LogP contribution in [-0.2, 0) is 14.3 Å². The van der Waals surface area contributed by atoms with Crippen LogP contribution < -0.4 is 4.90 Å². The summed E-state index contributed by atoms with van der Waals surface area (Å²) in [5.74, 6) is -0.184. The largest absolute Gasteiger partial charge is 0.378 e. The first-order valence-electron chi connectivity index (χ1n) is 8.93. The van der Waals surface area contributed by atoms with Crippen LogP contribution in [0.4, 0.5) is 5.69 Å². The van der Waals surface area contributed by atoms with Crippen LogP contribution >= 0.6 is 11.8 Å². The summed E-state index contributed by atoms with van der Waals surface area (Å²) in [4.78, 5) is 30.9. The van der Waals surface area contributed by atoms with E-state index in [4.69, 9.17) is 4.74 Å². The first kappa shape index (κ1) is 17.8.